The summed E-state index contributed by atoms with van der Waals surface area (Å²) in [5, 5.41) is 7.60. The molecule has 2 heteroatoms. The van der Waals surface area contributed by atoms with E-state index in [0.717, 1.165) is 5.75 Å². The zero-order valence-electron chi connectivity index (χ0n) is 12.9. The Kier molecular flexibility index (Phi) is 2.95. The summed E-state index contributed by atoms with van der Waals surface area (Å²) in [6.45, 7) is 2.76. The van der Waals surface area contributed by atoms with Gasteiger partial charge in [-0.3, -0.25) is 0 Å². The molecule has 4 aromatic rings. The lowest BCUT2D eigenvalue weighted by Crippen LogP contribution is -2.10. The van der Waals surface area contributed by atoms with Crippen molar-refractivity contribution in [3.05, 3.63) is 54.1 Å². The predicted molar refractivity (Wildman–Crippen MR) is 94.2 cm³/mol. The summed E-state index contributed by atoms with van der Waals surface area (Å²) in [5.41, 5.74) is 7.08. The highest BCUT2D eigenvalue weighted by Crippen LogP contribution is 2.42. The van der Waals surface area contributed by atoms with Gasteiger partial charge in [0.25, 0.3) is 0 Å². The molecule has 22 heavy (non-hydrogen) atoms. The van der Waals surface area contributed by atoms with Gasteiger partial charge in [-0.25, -0.2) is 0 Å². The maximum absolute atomic E-state index is 5.89. The average Bonchev–Trinajstić information content (AvgIpc) is 2.58. The minimum Gasteiger partial charge on any atom is -0.496 e. The molecule has 4 aromatic carbocycles. The second-order valence-electron chi connectivity index (χ2n) is 5.99. The molecule has 0 aliphatic heterocycles. The van der Waals surface area contributed by atoms with Gasteiger partial charge in [0.2, 0.25) is 0 Å². The van der Waals surface area contributed by atoms with Gasteiger partial charge in [-0.15, -0.1) is 0 Å². The maximum atomic E-state index is 5.89. The smallest absolute Gasteiger partial charge is 0.130 e. The third kappa shape index (κ3) is 1.71. The number of ether oxygens (including phenoxy) is 1. The van der Waals surface area contributed by atoms with Crippen molar-refractivity contribution in [2.24, 2.45) is 5.73 Å². The third-order valence-electron chi connectivity index (χ3n) is 4.72. The molecule has 0 heterocycles. The van der Waals surface area contributed by atoms with Crippen LogP contribution in [0.25, 0.3) is 32.3 Å². The molecule has 0 aliphatic rings. The Balaban J connectivity index is 2.24. The molecule has 0 saturated carbocycles. The highest BCUT2D eigenvalue weighted by atomic mass is 16.5. The van der Waals surface area contributed by atoms with Crippen molar-refractivity contribution in [1.82, 2.24) is 0 Å². The Morgan fingerprint density at radius 2 is 1.64 bits per heavy atom. The molecule has 1 unspecified atom stereocenters. The van der Waals surface area contributed by atoms with E-state index in [2.05, 4.69) is 55.5 Å². The number of methoxy groups -OCH3 is 1. The average molecular weight is 289 g/mol. The molecule has 0 aliphatic carbocycles. The lowest BCUT2D eigenvalue weighted by atomic mass is 9.89. The first-order valence-electron chi connectivity index (χ1n) is 7.69. The first kappa shape index (κ1) is 13.4. The van der Waals surface area contributed by atoms with E-state index in [1.807, 2.05) is 0 Å². The van der Waals surface area contributed by atoms with Crippen molar-refractivity contribution >= 4 is 32.3 Å². The van der Waals surface area contributed by atoms with Crippen molar-refractivity contribution in [2.75, 3.05) is 13.7 Å². The normalized spacial score (nSPS) is 13.2. The van der Waals surface area contributed by atoms with Crippen molar-refractivity contribution < 1.29 is 4.74 Å². The van der Waals surface area contributed by atoms with Crippen LogP contribution in [0.15, 0.2) is 48.5 Å². The lowest BCUT2D eigenvalue weighted by Gasteiger charge is -2.19. The van der Waals surface area contributed by atoms with Gasteiger partial charge in [-0.2, -0.15) is 0 Å². The van der Waals surface area contributed by atoms with E-state index in [9.17, 15) is 0 Å². The quantitative estimate of drug-likeness (QED) is 0.557. The van der Waals surface area contributed by atoms with E-state index in [1.54, 1.807) is 7.11 Å². The zero-order valence-corrected chi connectivity index (χ0v) is 12.9. The molecule has 110 valence electrons. The van der Waals surface area contributed by atoms with Gasteiger partial charge in [0.05, 0.1) is 7.11 Å². The molecule has 0 spiro atoms. The minimum absolute atomic E-state index is 0.275. The summed E-state index contributed by atoms with van der Waals surface area (Å²) in [4.78, 5) is 0. The standard InChI is InChI=1S/C20H19NO/c1-12(11-21)17-10-15-7-6-13-4-3-5-14-8-9-16(20(17)22-2)19(15)18(13)14/h3-10,12H,11,21H2,1-2H3. The van der Waals surface area contributed by atoms with Crippen LogP contribution in [-0.2, 0) is 0 Å². The van der Waals surface area contributed by atoms with Crippen LogP contribution in [0.2, 0.25) is 0 Å². The largest absolute Gasteiger partial charge is 0.496 e. The Labute approximate surface area is 129 Å². The summed E-state index contributed by atoms with van der Waals surface area (Å²) >= 11 is 0. The molecular formula is C20H19NO. The fraction of sp³-hybridized carbons (Fsp3) is 0.200. The summed E-state index contributed by atoms with van der Waals surface area (Å²) in [7, 11) is 1.75. The van der Waals surface area contributed by atoms with Crippen molar-refractivity contribution in [3.8, 4) is 5.75 Å². The molecule has 0 fully saturated rings. The molecule has 2 N–H and O–H groups in total. The van der Waals surface area contributed by atoms with E-state index >= 15 is 0 Å². The summed E-state index contributed by atoms with van der Waals surface area (Å²) in [6.07, 6.45) is 0. The first-order chi connectivity index (χ1) is 10.7. The Bertz CT molecular complexity index is 958. The Morgan fingerprint density at radius 3 is 2.32 bits per heavy atom. The zero-order chi connectivity index (χ0) is 15.3. The molecule has 1 atom stereocenters. The number of nitrogens with two attached hydrogens (primary N) is 1. The maximum Gasteiger partial charge on any atom is 0.130 e. The van der Waals surface area contributed by atoms with Crippen LogP contribution in [0, 0.1) is 0 Å². The van der Waals surface area contributed by atoms with E-state index < -0.39 is 0 Å². The highest BCUT2D eigenvalue weighted by molar-refractivity contribution is 6.24. The Morgan fingerprint density at radius 1 is 0.955 bits per heavy atom. The number of hydrogen-bond donors (Lipinski definition) is 1. The van der Waals surface area contributed by atoms with E-state index in [4.69, 9.17) is 10.5 Å². The van der Waals surface area contributed by atoms with Crippen LogP contribution in [0.4, 0.5) is 0 Å². The van der Waals surface area contributed by atoms with Gasteiger partial charge in [-0.05, 0) is 51.7 Å². The summed E-state index contributed by atoms with van der Waals surface area (Å²) in [5.74, 6) is 1.24. The number of benzene rings is 4. The van der Waals surface area contributed by atoms with Gasteiger partial charge in [0.1, 0.15) is 5.75 Å². The van der Waals surface area contributed by atoms with Crippen LogP contribution in [0.3, 0.4) is 0 Å². The lowest BCUT2D eigenvalue weighted by molar-refractivity contribution is 0.412. The van der Waals surface area contributed by atoms with Crippen LogP contribution >= 0.6 is 0 Å². The summed E-state index contributed by atoms with van der Waals surface area (Å²) in [6, 6.07) is 17.5. The van der Waals surface area contributed by atoms with Crippen LogP contribution in [-0.4, -0.2) is 13.7 Å². The minimum atomic E-state index is 0.275. The van der Waals surface area contributed by atoms with Crippen LogP contribution in [0.1, 0.15) is 18.4 Å². The number of hydrogen-bond acceptors (Lipinski definition) is 2. The SMILES string of the molecule is COc1c(C(C)CN)cc2ccc3cccc4ccc1c2c34. The molecule has 0 saturated heterocycles. The van der Waals surface area contributed by atoms with Gasteiger partial charge >= 0.3 is 0 Å². The second-order valence-corrected chi connectivity index (χ2v) is 5.99. The fourth-order valence-corrected chi connectivity index (χ4v) is 3.53. The van der Waals surface area contributed by atoms with Crippen molar-refractivity contribution in [2.45, 2.75) is 12.8 Å². The van der Waals surface area contributed by atoms with Gasteiger partial charge in [0, 0.05) is 10.8 Å². The first-order valence-corrected chi connectivity index (χ1v) is 7.69. The molecule has 4 rings (SSSR count). The van der Waals surface area contributed by atoms with Gasteiger partial charge in [0.15, 0.2) is 0 Å². The van der Waals surface area contributed by atoms with Crippen molar-refractivity contribution in [3.63, 3.8) is 0 Å². The number of rotatable bonds is 3. The second kappa shape index (κ2) is 4.85. The van der Waals surface area contributed by atoms with Crippen LogP contribution in [0.5, 0.6) is 5.75 Å². The molecule has 0 radical (unpaired) electrons. The fourth-order valence-electron chi connectivity index (χ4n) is 3.53. The summed E-state index contributed by atoms with van der Waals surface area (Å²) < 4.78 is 5.77. The van der Waals surface area contributed by atoms with Gasteiger partial charge < -0.3 is 10.5 Å². The van der Waals surface area contributed by atoms with E-state index in [0.29, 0.717) is 6.54 Å². The monoisotopic (exact) mass is 289 g/mol. The molecule has 0 bridgehead atoms. The molecule has 0 aromatic heterocycles. The molecule has 0 amide bonds. The van der Waals surface area contributed by atoms with E-state index in [1.165, 1.54) is 37.9 Å². The van der Waals surface area contributed by atoms with Crippen LogP contribution < -0.4 is 10.5 Å². The topological polar surface area (TPSA) is 35.2 Å². The molecule has 2 nitrogen and oxygen atoms in total. The Hall–Kier alpha value is -2.32. The van der Waals surface area contributed by atoms with E-state index in [-0.39, 0.29) is 5.92 Å². The van der Waals surface area contributed by atoms with Crippen molar-refractivity contribution in [1.29, 1.82) is 0 Å². The predicted octanol–water partition coefficient (Wildman–Crippen LogP) is 4.65. The van der Waals surface area contributed by atoms with Gasteiger partial charge in [-0.1, -0.05) is 43.3 Å². The highest BCUT2D eigenvalue weighted by Gasteiger charge is 2.17. The third-order valence-corrected chi connectivity index (χ3v) is 4.72. The molecular weight excluding hydrogens is 270 g/mol.